The molecule has 1 fully saturated rings. The summed E-state index contributed by atoms with van der Waals surface area (Å²) < 4.78 is 5.46. The smallest absolute Gasteiger partial charge is 0.122 e. The zero-order valence-corrected chi connectivity index (χ0v) is 13.2. The first-order chi connectivity index (χ1) is 9.67. The van der Waals surface area contributed by atoms with Gasteiger partial charge in [0.15, 0.2) is 0 Å². The molecule has 0 aromatic heterocycles. The minimum atomic E-state index is 0.519. The minimum Gasteiger partial charge on any atom is -0.496 e. The van der Waals surface area contributed by atoms with E-state index >= 15 is 0 Å². The maximum atomic E-state index is 5.46. The molecule has 0 aliphatic carbocycles. The fourth-order valence-electron chi connectivity index (χ4n) is 3.27. The van der Waals surface area contributed by atoms with Gasteiger partial charge in [0.25, 0.3) is 0 Å². The highest BCUT2D eigenvalue weighted by molar-refractivity contribution is 5.33. The summed E-state index contributed by atoms with van der Waals surface area (Å²) in [5.41, 5.74) is 1.30. The van der Waals surface area contributed by atoms with Crippen molar-refractivity contribution in [2.75, 3.05) is 27.2 Å². The zero-order valence-electron chi connectivity index (χ0n) is 13.2. The quantitative estimate of drug-likeness (QED) is 0.864. The Morgan fingerprint density at radius 3 is 2.80 bits per heavy atom. The van der Waals surface area contributed by atoms with Crippen LogP contribution in [0, 0.1) is 5.92 Å². The summed E-state index contributed by atoms with van der Waals surface area (Å²) in [6.45, 7) is 6.89. The average molecular weight is 276 g/mol. The number of nitrogens with zero attached hydrogens (tertiary/aromatic N) is 1. The Bertz CT molecular complexity index is 421. The van der Waals surface area contributed by atoms with Crippen molar-refractivity contribution in [2.45, 2.75) is 38.8 Å². The Labute approximate surface area is 123 Å². The van der Waals surface area contributed by atoms with Crippen LogP contribution < -0.4 is 10.1 Å². The maximum absolute atomic E-state index is 5.46. The van der Waals surface area contributed by atoms with Crippen LogP contribution >= 0.6 is 0 Å². The maximum Gasteiger partial charge on any atom is 0.122 e. The van der Waals surface area contributed by atoms with Crippen molar-refractivity contribution < 1.29 is 4.74 Å². The first-order valence-corrected chi connectivity index (χ1v) is 7.71. The van der Waals surface area contributed by atoms with E-state index in [1.54, 1.807) is 7.11 Å². The number of para-hydroxylation sites is 1. The number of rotatable bonds is 6. The van der Waals surface area contributed by atoms with Gasteiger partial charge in [0.05, 0.1) is 7.11 Å². The lowest BCUT2D eigenvalue weighted by Crippen LogP contribution is -2.44. The Kier molecular flexibility index (Phi) is 5.44. The topological polar surface area (TPSA) is 24.5 Å². The van der Waals surface area contributed by atoms with Gasteiger partial charge in [0.1, 0.15) is 5.75 Å². The van der Waals surface area contributed by atoms with Crippen LogP contribution in [0.25, 0.3) is 0 Å². The number of nitrogens with one attached hydrogen (secondary N) is 1. The van der Waals surface area contributed by atoms with Crippen LogP contribution in [-0.4, -0.2) is 44.2 Å². The molecule has 0 bridgehead atoms. The molecule has 3 unspecified atom stereocenters. The van der Waals surface area contributed by atoms with E-state index < -0.39 is 0 Å². The average Bonchev–Trinajstić information content (AvgIpc) is 2.95. The van der Waals surface area contributed by atoms with Crippen molar-refractivity contribution in [3.8, 4) is 5.75 Å². The van der Waals surface area contributed by atoms with Gasteiger partial charge in [-0.25, -0.2) is 0 Å². The van der Waals surface area contributed by atoms with Crippen LogP contribution in [0.1, 0.15) is 25.8 Å². The van der Waals surface area contributed by atoms with Crippen molar-refractivity contribution in [1.29, 1.82) is 0 Å². The molecule has 1 aliphatic heterocycles. The zero-order chi connectivity index (χ0) is 14.5. The van der Waals surface area contributed by atoms with E-state index in [0.717, 1.165) is 31.2 Å². The van der Waals surface area contributed by atoms with E-state index in [1.165, 1.54) is 12.0 Å². The first kappa shape index (κ1) is 15.3. The Hall–Kier alpha value is -1.06. The van der Waals surface area contributed by atoms with Crippen molar-refractivity contribution in [3.05, 3.63) is 29.8 Å². The minimum absolute atomic E-state index is 0.519. The Balaban J connectivity index is 2.02. The second-order valence-electron chi connectivity index (χ2n) is 5.92. The molecule has 1 saturated heterocycles. The van der Waals surface area contributed by atoms with Crippen LogP contribution in [0.4, 0.5) is 0 Å². The van der Waals surface area contributed by atoms with Gasteiger partial charge in [-0.1, -0.05) is 31.5 Å². The van der Waals surface area contributed by atoms with Crippen LogP contribution in [0.5, 0.6) is 5.75 Å². The fraction of sp³-hybridized carbons (Fsp3) is 0.647. The van der Waals surface area contributed by atoms with Gasteiger partial charge in [-0.2, -0.15) is 0 Å². The molecular formula is C17H28N2O. The fourth-order valence-corrected chi connectivity index (χ4v) is 3.27. The van der Waals surface area contributed by atoms with E-state index in [-0.39, 0.29) is 0 Å². The van der Waals surface area contributed by atoms with E-state index in [1.807, 2.05) is 12.1 Å². The van der Waals surface area contributed by atoms with Gasteiger partial charge >= 0.3 is 0 Å². The summed E-state index contributed by atoms with van der Waals surface area (Å²) in [4.78, 5) is 2.54. The molecule has 112 valence electrons. The molecule has 2 rings (SSSR count). The molecule has 20 heavy (non-hydrogen) atoms. The van der Waals surface area contributed by atoms with Crippen LogP contribution in [0.3, 0.4) is 0 Å². The summed E-state index contributed by atoms with van der Waals surface area (Å²) >= 11 is 0. The van der Waals surface area contributed by atoms with Gasteiger partial charge in [-0.15, -0.1) is 0 Å². The molecule has 1 heterocycles. The second-order valence-corrected chi connectivity index (χ2v) is 5.92. The largest absolute Gasteiger partial charge is 0.496 e. The molecular weight excluding hydrogens is 248 g/mol. The van der Waals surface area contributed by atoms with Crippen molar-refractivity contribution >= 4 is 0 Å². The third-order valence-corrected chi connectivity index (χ3v) is 4.75. The van der Waals surface area contributed by atoms with E-state index in [4.69, 9.17) is 4.74 Å². The number of ether oxygens (including phenoxy) is 1. The van der Waals surface area contributed by atoms with E-state index in [9.17, 15) is 0 Å². The summed E-state index contributed by atoms with van der Waals surface area (Å²) in [5.74, 6) is 1.78. The summed E-state index contributed by atoms with van der Waals surface area (Å²) in [7, 11) is 4.02. The summed E-state index contributed by atoms with van der Waals surface area (Å²) in [5, 5.41) is 3.53. The van der Waals surface area contributed by atoms with Gasteiger partial charge in [-0.05, 0) is 44.5 Å². The Morgan fingerprint density at radius 1 is 1.35 bits per heavy atom. The predicted molar refractivity (Wildman–Crippen MR) is 84.4 cm³/mol. The highest BCUT2D eigenvalue weighted by Gasteiger charge is 2.31. The van der Waals surface area contributed by atoms with Crippen molar-refractivity contribution in [1.82, 2.24) is 10.2 Å². The lowest BCUT2D eigenvalue weighted by atomic mass is 9.96. The molecule has 0 spiro atoms. The van der Waals surface area contributed by atoms with Gasteiger partial charge in [0.2, 0.25) is 0 Å². The van der Waals surface area contributed by atoms with Crippen LogP contribution in [0.15, 0.2) is 24.3 Å². The molecule has 3 atom stereocenters. The summed E-state index contributed by atoms with van der Waals surface area (Å²) in [6, 6.07) is 9.53. The molecule has 0 saturated carbocycles. The second kappa shape index (κ2) is 7.09. The number of likely N-dealkylation sites (N-methyl/N-ethyl adjacent to an activating group) is 1. The van der Waals surface area contributed by atoms with Gasteiger partial charge < -0.3 is 10.1 Å². The van der Waals surface area contributed by atoms with Gasteiger partial charge in [0, 0.05) is 18.6 Å². The normalized spacial score (nSPS) is 24.1. The number of methoxy groups -OCH3 is 1. The Morgan fingerprint density at radius 2 is 2.10 bits per heavy atom. The van der Waals surface area contributed by atoms with Crippen LogP contribution in [0.2, 0.25) is 0 Å². The molecule has 0 amide bonds. The molecule has 1 aromatic rings. The molecule has 0 radical (unpaired) electrons. The number of hydrogen-bond acceptors (Lipinski definition) is 3. The third kappa shape index (κ3) is 3.33. The monoisotopic (exact) mass is 276 g/mol. The highest BCUT2D eigenvalue weighted by atomic mass is 16.5. The van der Waals surface area contributed by atoms with Crippen LogP contribution in [-0.2, 0) is 6.42 Å². The molecule has 3 nitrogen and oxygen atoms in total. The molecule has 1 aromatic carbocycles. The van der Waals surface area contributed by atoms with Gasteiger partial charge in [-0.3, -0.25) is 4.90 Å². The highest BCUT2D eigenvalue weighted by Crippen LogP contribution is 2.24. The number of hydrogen-bond donors (Lipinski definition) is 1. The lowest BCUT2D eigenvalue weighted by Gasteiger charge is -2.34. The molecule has 1 aliphatic rings. The van der Waals surface area contributed by atoms with Crippen molar-refractivity contribution in [2.24, 2.45) is 5.92 Å². The summed E-state index contributed by atoms with van der Waals surface area (Å²) in [6.07, 6.45) is 2.29. The first-order valence-electron chi connectivity index (χ1n) is 7.71. The standard InChI is InChI=1S/C17H28N2O/c1-5-14-11-18-12-16(14)19(3)13(2)10-15-8-6-7-9-17(15)20-4/h6-9,13-14,16,18H,5,10-12H2,1-4H3. The third-order valence-electron chi connectivity index (χ3n) is 4.75. The predicted octanol–water partition coefficient (Wildman–Crippen LogP) is 2.56. The SMILES string of the molecule is CCC1CNCC1N(C)C(C)Cc1ccccc1OC. The van der Waals surface area contributed by atoms with E-state index in [0.29, 0.717) is 12.1 Å². The van der Waals surface area contributed by atoms with Crippen molar-refractivity contribution in [3.63, 3.8) is 0 Å². The van der Waals surface area contributed by atoms with E-state index in [2.05, 4.69) is 43.2 Å². The lowest BCUT2D eigenvalue weighted by molar-refractivity contribution is 0.157. The molecule has 1 N–H and O–H groups in total. The number of benzene rings is 1. The molecule has 3 heteroatoms.